The molecule has 0 heterocycles. The van der Waals surface area contributed by atoms with E-state index in [0.717, 1.165) is 11.6 Å². The van der Waals surface area contributed by atoms with Gasteiger partial charge in [0.1, 0.15) is 0 Å². The average Bonchev–Trinajstić information content (AvgIpc) is 2.74. The van der Waals surface area contributed by atoms with Gasteiger partial charge in [0, 0.05) is 0 Å². The first-order valence-corrected chi connectivity index (χ1v) is 11.0. The molecule has 1 unspecified atom stereocenters. The minimum absolute atomic E-state index is 0.0976. The highest BCUT2D eigenvalue weighted by Gasteiger charge is 2.22. The Hall–Kier alpha value is -3.65. The molecule has 0 aromatic heterocycles. The van der Waals surface area contributed by atoms with Crippen molar-refractivity contribution in [2.75, 3.05) is 4.72 Å². The molecule has 31 heavy (non-hydrogen) atoms. The van der Waals surface area contributed by atoms with E-state index in [4.69, 9.17) is 0 Å². The van der Waals surface area contributed by atoms with E-state index in [2.05, 4.69) is 10.0 Å². The number of anilines is 1. The number of sulfonamides is 1. The summed E-state index contributed by atoms with van der Waals surface area (Å²) in [7, 11) is -4.13. The quantitative estimate of drug-likeness (QED) is 0.516. The van der Waals surface area contributed by atoms with E-state index in [1.54, 1.807) is 19.1 Å². The minimum Gasteiger partial charge on any atom is -0.478 e. The van der Waals surface area contributed by atoms with Gasteiger partial charge in [-0.1, -0.05) is 48.5 Å². The smallest absolute Gasteiger partial charge is 0.335 e. The summed E-state index contributed by atoms with van der Waals surface area (Å²) >= 11 is 0. The number of carboxylic acids is 1. The number of hydrogen-bond donors (Lipinski definition) is 3. The summed E-state index contributed by atoms with van der Waals surface area (Å²) in [4.78, 5) is 23.9. The Kier molecular flexibility index (Phi) is 6.41. The van der Waals surface area contributed by atoms with Crippen molar-refractivity contribution in [3.63, 3.8) is 0 Å². The highest BCUT2D eigenvalue weighted by atomic mass is 32.2. The Morgan fingerprint density at radius 3 is 2.26 bits per heavy atom. The summed E-state index contributed by atoms with van der Waals surface area (Å²) in [6.07, 6.45) is 0. The number of amides is 1. The molecule has 3 rings (SSSR count). The second-order valence-electron chi connectivity index (χ2n) is 7.04. The number of carbonyl (C=O) groups excluding carboxylic acids is 1. The van der Waals surface area contributed by atoms with E-state index in [1.807, 2.05) is 37.3 Å². The summed E-state index contributed by atoms with van der Waals surface area (Å²) in [5, 5.41) is 12.0. The number of benzene rings is 3. The van der Waals surface area contributed by atoms with Crippen molar-refractivity contribution in [2.24, 2.45) is 0 Å². The summed E-state index contributed by atoms with van der Waals surface area (Å²) in [6.45, 7) is 3.40. The summed E-state index contributed by atoms with van der Waals surface area (Å²) in [6, 6.07) is 19.2. The highest BCUT2D eigenvalue weighted by molar-refractivity contribution is 7.92. The van der Waals surface area contributed by atoms with E-state index in [1.165, 1.54) is 24.3 Å². The molecule has 3 aromatic rings. The van der Waals surface area contributed by atoms with Gasteiger partial charge < -0.3 is 10.4 Å². The molecule has 1 amide bonds. The van der Waals surface area contributed by atoms with Gasteiger partial charge in [0.05, 0.1) is 27.8 Å². The van der Waals surface area contributed by atoms with E-state index < -0.39 is 21.9 Å². The van der Waals surface area contributed by atoms with Crippen molar-refractivity contribution in [1.82, 2.24) is 5.32 Å². The topological polar surface area (TPSA) is 113 Å². The SMILES string of the molecule is Cc1ccc(C(=O)O)cc1S(=O)(=O)Nc1ccccc1C(=O)NC(C)c1ccccc1. The molecule has 0 radical (unpaired) electrons. The monoisotopic (exact) mass is 438 g/mol. The van der Waals surface area contributed by atoms with Gasteiger partial charge in [0.15, 0.2) is 0 Å². The largest absolute Gasteiger partial charge is 0.478 e. The minimum atomic E-state index is -4.13. The van der Waals surface area contributed by atoms with Crippen molar-refractivity contribution in [3.05, 3.63) is 95.1 Å². The zero-order valence-electron chi connectivity index (χ0n) is 17.0. The second kappa shape index (κ2) is 9.01. The van der Waals surface area contributed by atoms with Crippen molar-refractivity contribution in [2.45, 2.75) is 24.8 Å². The van der Waals surface area contributed by atoms with E-state index in [-0.39, 0.29) is 27.8 Å². The summed E-state index contributed by atoms with van der Waals surface area (Å²) in [5.74, 6) is -1.67. The average molecular weight is 439 g/mol. The van der Waals surface area contributed by atoms with Crippen LogP contribution < -0.4 is 10.0 Å². The molecule has 160 valence electrons. The Morgan fingerprint density at radius 1 is 0.935 bits per heavy atom. The maximum atomic E-state index is 13.0. The van der Waals surface area contributed by atoms with Crippen LogP contribution in [0.5, 0.6) is 0 Å². The Bertz CT molecular complexity index is 1220. The predicted molar refractivity (Wildman–Crippen MR) is 118 cm³/mol. The Balaban J connectivity index is 1.89. The molecule has 1 atom stereocenters. The lowest BCUT2D eigenvalue weighted by Gasteiger charge is -2.17. The number of aryl methyl sites for hydroxylation is 1. The lowest BCUT2D eigenvalue weighted by Crippen LogP contribution is -2.28. The van der Waals surface area contributed by atoms with E-state index in [0.29, 0.717) is 5.56 Å². The van der Waals surface area contributed by atoms with Crippen molar-refractivity contribution in [3.8, 4) is 0 Å². The second-order valence-corrected chi connectivity index (χ2v) is 8.69. The highest BCUT2D eigenvalue weighted by Crippen LogP contribution is 2.24. The predicted octanol–water partition coefficient (Wildman–Crippen LogP) is 3.99. The van der Waals surface area contributed by atoms with Gasteiger partial charge >= 0.3 is 5.97 Å². The van der Waals surface area contributed by atoms with Crippen LogP contribution in [0.3, 0.4) is 0 Å². The number of nitrogens with one attached hydrogen (secondary N) is 2. The third-order valence-corrected chi connectivity index (χ3v) is 6.30. The van der Waals surface area contributed by atoms with E-state index in [9.17, 15) is 23.1 Å². The zero-order chi connectivity index (χ0) is 22.6. The molecule has 0 bridgehead atoms. The van der Waals surface area contributed by atoms with Crippen molar-refractivity contribution < 1.29 is 23.1 Å². The Labute approximate surface area is 180 Å². The molecule has 0 aliphatic carbocycles. The molecule has 0 aliphatic heterocycles. The lowest BCUT2D eigenvalue weighted by molar-refractivity contribution is 0.0696. The fourth-order valence-electron chi connectivity index (χ4n) is 3.09. The van der Waals surface area contributed by atoms with Crippen LogP contribution in [-0.2, 0) is 10.0 Å². The molecular formula is C23H22N2O5S. The van der Waals surface area contributed by atoms with Crippen LogP contribution in [0.2, 0.25) is 0 Å². The molecule has 0 fully saturated rings. The van der Waals surface area contributed by atoms with Crippen LogP contribution in [0.25, 0.3) is 0 Å². The van der Waals surface area contributed by atoms with Gasteiger partial charge in [-0.15, -0.1) is 0 Å². The molecule has 0 saturated heterocycles. The van der Waals surface area contributed by atoms with Gasteiger partial charge in [0.2, 0.25) is 0 Å². The fourth-order valence-corrected chi connectivity index (χ4v) is 4.44. The fraction of sp³-hybridized carbons (Fsp3) is 0.130. The first kappa shape index (κ1) is 22.0. The molecule has 3 aromatic carbocycles. The number of carbonyl (C=O) groups is 2. The normalized spacial score (nSPS) is 12.1. The third-order valence-electron chi connectivity index (χ3n) is 4.79. The van der Waals surface area contributed by atoms with Crippen LogP contribution in [-0.4, -0.2) is 25.4 Å². The molecule has 0 aliphatic rings. The molecule has 3 N–H and O–H groups in total. The standard InChI is InChI=1S/C23H22N2O5S/c1-15-12-13-18(23(27)28)14-21(15)31(29,30)25-20-11-7-6-10-19(20)22(26)24-16(2)17-8-4-3-5-9-17/h3-14,16,25H,1-2H3,(H,24,26)(H,27,28). The first-order chi connectivity index (χ1) is 14.7. The first-order valence-electron chi connectivity index (χ1n) is 9.50. The number of aromatic carboxylic acids is 1. The number of para-hydroxylation sites is 1. The van der Waals surface area contributed by atoms with E-state index >= 15 is 0 Å². The van der Waals surface area contributed by atoms with Gasteiger partial charge in [-0.25, -0.2) is 13.2 Å². The number of carboxylic acid groups (broad SMARTS) is 1. The van der Waals surface area contributed by atoms with Crippen LogP contribution in [0, 0.1) is 6.92 Å². The number of hydrogen-bond acceptors (Lipinski definition) is 4. The lowest BCUT2D eigenvalue weighted by atomic mass is 10.1. The zero-order valence-corrected chi connectivity index (χ0v) is 17.8. The summed E-state index contributed by atoms with van der Waals surface area (Å²) < 4.78 is 28.4. The number of rotatable bonds is 7. The van der Waals surface area contributed by atoms with Crippen LogP contribution in [0.1, 0.15) is 44.8 Å². The van der Waals surface area contributed by atoms with Crippen molar-refractivity contribution in [1.29, 1.82) is 0 Å². The maximum absolute atomic E-state index is 13.0. The molecule has 7 nitrogen and oxygen atoms in total. The molecule has 8 heteroatoms. The van der Waals surface area contributed by atoms with Crippen molar-refractivity contribution >= 4 is 27.6 Å². The van der Waals surface area contributed by atoms with Gasteiger partial charge in [-0.2, -0.15) is 0 Å². The summed E-state index contributed by atoms with van der Waals surface area (Å²) in [5.41, 5.74) is 1.40. The maximum Gasteiger partial charge on any atom is 0.335 e. The molecule has 0 spiro atoms. The molecular weight excluding hydrogens is 416 g/mol. The van der Waals surface area contributed by atoms with Crippen LogP contribution in [0.15, 0.2) is 77.7 Å². The van der Waals surface area contributed by atoms with Gasteiger partial charge in [-0.3, -0.25) is 9.52 Å². The molecule has 0 saturated carbocycles. The van der Waals surface area contributed by atoms with Crippen LogP contribution in [0.4, 0.5) is 5.69 Å². The third kappa shape index (κ3) is 5.10. The Morgan fingerprint density at radius 2 is 1.58 bits per heavy atom. The van der Waals surface area contributed by atoms with Gasteiger partial charge in [0.25, 0.3) is 15.9 Å². The van der Waals surface area contributed by atoms with Crippen LogP contribution >= 0.6 is 0 Å². The van der Waals surface area contributed by atoms with Gasteiger partial charge in [-0.05, 0) is 49.2 Å².